The highest BCUT2D eigenvalue weighted by Gasteiger charge is 2.29. The van der Waals surface area contributed by atoms with Gasteiger partial charge in [-0.2, -0.15) is 0 Å². The molecule has 122 valence electrons. The molecule has 0 saturated carbocycles. The maximum absolute atomic E-state index is 6.60. The summed E-state index contributed by atoms with van der Waals surface area (Å²) in [7, 11) is 0. The van der Waals surface area contributed by atoms with Crippen molar-refractivity contribution in [2.24, 2.45) is 0 Å². The van der Waals surface area contributed by atoms with E-state index in [4.69, 9.17) is 23.2 Å². The van der Waals surface area contributed by atoms with Crippen molar-refractivity contribution in [3.8, 4) is 0 Å². The summed E-state index contributed by atoms with van der Waals surface area (Å²) in [5.41, 5.74) is 2.48. The lowest BCUT2D eigenvalue weighted by Gasteiger charge is -2.25. The molecule has 1 aliphatic rings. The van der Waals surface area contributed by atoms with Crippen LogP contribution in [0.3, 0.4) is 0 Å². The first kappa shape index (κ1) is 16.5. The lowest BCUT2D eigenvalue weighted by molar-refractivity contribution is 0.386. The minimum absolute atomic E-state index is 0.633. The molecule has 1 aliphatic heterocycles. The van der Waals surface area contributed by atoms with Gasteiger partial charge in [0.25, 0.3) is 0 Å². The van der Waals surface area contributed by atoms with Gasteiger partial charge < -0.3 is 9.80 Å². The molecule has 0 aromatic heterocycles. The first-order valence-corrected chi connectivity index (χ1v) is 9.01. The van der Waals surface area contributed by atoms with Gasteiger partial charge in [0.2, 0.25) is 0 Å². The van der Waals surface area contributed by atoms with E-state index in [0.717, 1.165) is 32.5 Å². The van der Waals surface area contributed by atoms with E-state index in [1.165, 1.54) is 22.0 Å². The van der Waals surface area contributed by atoms with E-state index in [9.17, 15) is 0 Å². The van der Waals surface area contributed by atoms with Crippen molar-refractivity contribution in [1.29, 1.82) is 0 Å². The minimum atomic E-state index is 0.633. The molecule has 0 bridgehead atoms. The van der Waals surface area contributed by atoms with Gasteiger partial charge in [-0.05, 0) is 23.8 Å². The zero-order valence-corrected chi connectivity index (χ0v) is 15.2. The van der Waals surface area contributed by atoms with Crippen LogP contribution in [0.2, 0.25) is 0 Å². The van der Waals surface area contributed by atoms with Crippen molar-refractivity contribution >= 4 is 39.7 Å². The van der Waals surface area contributed by atoms with Gasteiger partial charge in [-0.15, -0.1) is 0 Å². The monoisotopic (exact) mass is 348 g/mol. The second kappa shape index (κ2) is 7.02. The highest BCUT2D eigenvalue weighted by molar-refractivity contribution is 6.40. The van der Waals surface area contributed by atoms with Gasteiger partial charge in [-0.3, -0.25) is 0 Å². The lowest BCUT2D eigenvalue weighted by Crippen LogP contribution is -2.28. The Bertz CT molecular complexity index is 739. The quantitative estimate of drug-likeness (QED) is 0.622. The molecule has 0 amide bonds. The van der Waals surface area contributed by atoms with Gasteiger partial charge in [0.05, 0.1) is 12.4 Å². The fourth-order valence-electron chi connectivity index (χ4n) is 3.13. The number of nitrogens with zero attached hydrogens (tertiary/aromatic N) is 2. The summed E-state index contributed by atoms with van der Waals surface area (Å²) in [5.74, 6) is 0. The van der Waals surface area contributed by atoms with Gasteiger partial charge in [0, 0.05) is 11.9 Å². The Labute approximate surface area is 148 Å². The highest BCUT2D eigenvalue weighted by Crippen LogP contribution is 2.40. The summed E-state index contributed by atoms with van der Waals surface area (Å²) in [4.78, 5) is 4.31. The molecule has 0 fully saturated rings. The third-order valence-corrected chi connectivity index (χ3v) is 5.31. The van der Waals surface area contributed by atoms with Crippen LogP contribution in [0.1, 0.15) is 32.3 Å². The number of aryl methyl sites for hydroxylation is 1. The largest absolute Gasteiger partial charge is 0.342 e. The topological polar surface area (TPSA) is 6.48 Å². The standard InChI is InChI=1S/C19H22Cl2N2/c1-3-5-12-22-13-23(19(21)18(22)20)17-14(4-2)10-11-15-8-6-7-9-16(15)17/h6-11H,3-5,12-13H2,1-2H3. The highest BCUT2D eigenvalue weighted by atomic mass is 35.5. The molecule has 0 radical (unpaired) electrons. The number of anilines is 1. The molecule has 2 nitrogen and oxygen atoms in total. The Hall–Kier alpha value is -1.38. The van der Waals surface area contributed by atoms with Crippen LogP contribution in [-0.4, -0.2) is 18.1 Å². The molecule has 4 heteroatoms. The zero-order valence-electron chi connectivity index (χ0n) is 13.6. The van der Waals surface area contributed by atoms with Gasteiger partial charge >= 0.3 is 0 Å². The first-order chi connectivity index (χ1) is 11.2. The predicted octanol–water partition coefficient (Wildman–Crippen LogP) is 5.89. The zero-order chi connectivity index (χ0) is 16.4. The second-order valence-corrected chi connectivity index (χ2v) is 6.63. The summed E-state index contributed by atoms with van der Waals surface area (Å²) in [6.45, 7) is 6.03. The molecular formula is C19H22Cl2N2. The van der Waals surface area contributed by atoms with E-state index in [-0.39, 0.29) is 0 Å². The molecular weight excluding hydrogens is 327 g/mol. The lowest BCUT2D eigenvalue weighted by atomic mass is 10.0. The Balaban J connectivity index is 2.06. The third-order valence-electron chi connectivity index (χ3n) is 4.41. The maximum Gasteiger partial charge on any atom is 0.146 e. The van der Waals surface area contributed by atoms with Crippen LogP contribution in [0, 0.1) is 0 Å². The van der Waals surface area contributed by atoms with E-state index >= 15 is 0 Å². The normalized spacial score (nSPS) is 15.1. The first-order valence-electron chi connectivity index (χ1n) is 8.25. The van der Waals surface area contributed by atoms with Crippen LogP contribution in [0.25, 0.3) is 10.8 Å². The number of unbranched alkanes of at least 4 members (excludes halogenated alkanes) is 1. The van der Waals surface area contributed by atoms with Crippen molar-refractivity contribution in [2.75, 3.05) is 18.1 Å². The van der Waals surface area contributed by atoms with E-state index in [1.807, 2.05) is 0 Å². The van der Waals surface area contributed by atoms with Crippen molar-refractivity contribution < 1.29 is 0 Å². The van der Waals surface area contributed by atoms with Gasteiger partial charge in [0.1, 0.15) is 10.3 Å². The molecule has 1 heterocycles. The van der Waals surface area contributed by atoms with Crippen molar-refractivity contribution in [3.63, 3.8) is 0 Å². The van der Waals surface area contributed by atoms with Gasteiger partial charge in [-0.25, -0.2) is 0 Å². The fourth-order valence-corrected chi connectivity index (χ4v) is 3.63. The Morgan fingerprint density at radius 3 is 2.52 bits per heavy atom. The number of hydrogen-bond donors (Lipinski definition) is 0. The number of rotatable bonds is 5. The Morgan fingerprint density at radius 2 is 1.78 bits per heavy atom. The van der Waals surface area contributed by atoms with E-state index in [0.29, 0.717) is 10.3 Å². The second-order valence-electron chi connectivity index (χ2n) is 5.92. The van der Waals surface area contributed by atoms with E-state index in [1.54, 1.807) is 0 Å². The summed E-state index contributed by atoms with van der Waals surface area (Å²) in [6.07, 6.45) is 3.23. The van der Waals surface area contributed by atoms with Crippen LogP contribution in [0.4, 0.5) is 5.69 Å². The van der Waals surface area contributed by atoms with Crippen molar-refractivity contribution in [3.05, 3.63) is 52.3 Å². The average Bonchev–Trinajstić information content (AvgIpc) is 2.87. The van der Waals surface area contributed by atoms with Crippen molar-refractivity contribution in [1.82, 2.24) is 4.90 Å². The number of benzene rings is 2. The van der Waals surface area contributed by atoms with Crippen LogP contribution >= 0.6 is 23.2 Å². The van der Waals surface area contributed by atoms with E-state index in [2.05, 4.69) is 60.0 Å². The van der Waals surface area contributed by atoms with Crippen molar-refractivity contribution in [2.45, 2.75) is 33.1 Å². The maximum atomic E-state index is 6.60. The Morgan fingerprint density at radius 1 is 1.00 bits per heavy atom. The molecule has 0 unspecified atom stereocenters. The molecule has 2 aromatic rings. The summed E-state index contributed by atoms with van der Waals surface area (Å²) in [6, 6.07) is 12.8. The molecule has 2 aromatic carbocycles. The fraction of sp³-hybridized carbons (Fsp3) is 0.368. The summed E-state index contributed by atoms with van der Waals surface area (Å²) >= 11 is 13.1. The molecule has 3 rings (SSSR count). The molecule has 0 atom stereocenters. The molecule has 23 heavy (non-hydrogen) atoms. The average molecular weight is 349 g/mol. The molecule has 0 aliphatic carbocycles. The van der Waals surface area contributed by atoms with Gasteiger partial charge in [-0.1, -0.05) is 79.9 Å². The summed E-state index contributed by atoms with van der Waals surface area (Å²) in [5, 5.41) is 3.75. The SMILES string of the molecule is CCCCN1CN(c2c(CC)ccc3ccccc23)C(Cl)=C1Cl. The number of fused-ring (bicyclic) bond motifs is 1. The molecule has 0 N–H and O–H groups in total. The predicted molar refractivity (Wildman–Crippen MR) is 101 cm³/mol. The smallest absolute Gasteiger partial charge is 0.146 e. The van der Waals surface area contributed by atoms with Gasteiger partial charge in [0.15, 0.2) is 0 Å². The molecule has 0 saturated heterocycles. The number of hydrogen-bond acceptors (Lipinski definition) is 2. The van der Waals surface area contributed by atoms with Crippen LogP contribution in [0.5, 0.6) is 0 Å². The minimum Gasteiger partial charge on any atom is -0.342 e. The van der Waals surface area contributed by atoms with E-state index < -0.39 is 0 Å². The van der Waals surface area contributed by atoms with Crippen LogP contribution in [0.15, 0.2) is 46.7 Å². The Kier molecular flexibility index (Phi) is 5.03. The summed E-state index contributed by atoms with van der Waals surface area (Å²) < 4.78 is 0. The van der Waals surface area contributed by atoms with Crippen LogP contribution in [-0.2, 0) is 6.42 Å². The number of halogens is 2. The third kappa shape index (κ3) is 3.02. The molecule has 0 spiro atoms. The van der Waals surface area contributed by atoms with Crippen LogP contribution < -0.4 is 4.90 Å².